The highest BCUT2D eigenvalue weighted by molar-refractivity contribution is 5.93. The number of hydrogen-bond acceptors (Lipinski definition) is 6. The molecule has 0 bridgehead atoms. The van der Waals surface area contributed by atoms with Crippen molar-refractivity contribution in [3.63, 3.8) is 0 Å². The van der Waals surface area contributed by atoms with Crippen LogP contribution in [0.3, 0.4) is 0 Å². The Labute approximate surface area is 136 Å². The Bertz CT molecular complexity index is 975. The minimum absolute atomic E-state index is 0.0295. The number of carbonyl (C=O) groups excluding carboxylic acids is 1. The quantitative estimate of drug-likeness (QED) is 0.719. The van der Waals surface area contributed by atoms with E-state index in [1.807, 2.05) is 0 Å². The highest BCUT2D eigenvalue weighted by Gasteiger charge is 2.35. The van der Waals surface area contributed by atoms with E-state index in [2.05, 4.69) is 10.1 Å². The molecule has 3 heterocycles. The van der Waals surface area contributed by atoms with Crippen LogP contribution in [0.4, 0.5) is 0 Å². The second-order valence-corrected chi connectivity index (χ2v) is 5.81. The highest BCUT2D eigenvalue weighted by atomic mass is 16.5. The molecule has 1 atom stereocenters. The molecule has 4 rings (SSSR count). The summed E-state index contributed by atoms with van der Waals surface area (Å²) in [6.07, 6.45) is 1.57. The van der Waals surface area contributed by atoms with Crippen LogP contribution in [-0.2, 0) is 0 Å². The third kappa shape index (κ3) is 2.38. The molecule has 1 aromatic carbocycles. The summed E-state index contributed by atoms with van der Waals surface area (Å²) in [6, 6.07) is 7.84. The lowest BCUT2D eigenvalue weighted by Gasteiger charge is -2.21. The molecule has 0 aliphatic carbocycles. The summed E-state index contributed by atoms with van der Waals surface area (Å²) in [7, 11) is 0. The van der Waals surface area contributed by atoms with E-state index < -0.39 is 0 Å². The molecule has 3 aromatic rings. The summed E-state index contributed by atoms with van der Waals surface area (Å²) in [6.45, 7) is 2.29. The number of carbonyl (C=O) groups is 1. The van der Waals surface area contributed by atoms with E-state index in [0.29, 0.717) is 29.2 Å². The largest absolute Gasteiger partial charge is 0.451 e. The van der Waals surface area contributed by atoms with Crippen LogP contribution in [0.2, 0.25) is 0 Å². The third-order valence-corrected chi connectivity index (χ3v) is 4.19. The molecule has 2 aromatic heterocycles. The minimum Gasteiger partial charge on any atom is -0.451 e. The standard InChI is InChI=1S/C17H15N3O4/c1-10-18-16(24-19-10)12-6-4-8-20(12)17(22)15-9-13(21)11-5-2-3-7-14(11)23-15/h2-3,5,7,9,12H,4,6,8H2,1H3. The summed E-state index contributed by atoms with van der Waals surface area (Å²) < 4.78 is 10.9. The number of hydrogen-bond donors (Lipinski definition) is 0. The molecule has 0 N–H and O–H groups in total. The number of aryl methyl sites for hydroxylation is 1. The van der Waals surface area contributed by atoms with Crippen molar-refractivity contribution in [2.45, 2.75) is 25.8 Å². The average Bonchev–Trinajstić information content (AvgIpc) is 3.22. The van der Waals surface area contributed by atoms with Crippen LogP contribution in [0.25, 0.3) is 11.0 Å². The molecule has 1 aliphatic heterocycles. The Morgan fingerprint density at radius 3 is 2.96 bits per heavy atom. The van der Waals surface area contributed by atoms with Gasteiger partial charge in [-0.3, -0.25) is 9.59 Å². The van der Waals surface area contributed by atoms with Gasteiger partial charge in [0.2, 0.25) is 5.89 Å². The van der Waals surface area contributed by atoms with E-state index in [0.717, 1.165) is 12.8 Å². The van der Waals surface area contributed by atoms with Gasteiger partial charge < -0.3 is 13.8 Å². The molecule has 24 heavy (non-hydrogen) atoms. The van der Waals surface area contributed by atoms with Crippen LogP contribution in [0.5, 0.6) is 0 Å². The van der Waals surface area contributed by atoms with Gasteiger partial charge in [-0.25, -0.2) is 0 Å². The van der Waals surface area contributed by atoms with E-state index in [1.165, 1.54) is 6.07 Å². The zero-order valence-electron chi connectivity index (χ0n) is 13.1. The maximum absolute atomic E-state index is 12.8. The van der Waals surface area contributed by atoms with Gasteiger partial charge in [0.15, 0.2) is 17.0 Å². The number of para-hydroxylation sites is 1. The van der Waals surface area contributed by atoms with Crippen LogP contribution in [0.15, 0.2) is 44.1 Å². The van der Waals surface area contributed by atoms with Crippen LogP contribution < -0.4 is 5.43 Å². The molecule has 7 heteroatoms. The monoisotopic (exact) mass is 325 g/mol. The fraction of sp³-hybridized carbons (Fsp3) is 0.294. The second kappa shape index (κ2) is 5.59. The first kappa shape index (κ1) is 14.6. The van der Waals surface area contributed by atoms with Crippen molar-refractivity contribution in [2.75, 3.05) is 6.54 Å². The Hall–Kier alpha value is -2.96. The van der Waals surface area contributed by atoms with Crippen molar-refractivity contribution in [3.8, 4) is 0 Å². The van der Waals surface area contributed by atoms with Crippen molar-refractivity contribution in [1.29, 1.82) is 0 Å². The first-order valence-corrected chi connectivity index (χ1v) is 7.77. The number of amides is 1. The second-order valence-electron chi connectivity index (χ2n) is 5.81. The molecule has 1 unspecified atom stereocenters. The normalized spacial score (nSPS) is 17.5. The molecule has 1 saturated heterocycles. The zero-order chi connectivity index (χ0) is 16.7. The summed E-state index contributed by atoms with van der Waals surface area (Å²) in [5.74, 6) is 0.640. The SMILES string of the molecule is Cc1noc(C2CCCN2C(=O)c2cc(=O)c3ccccc3o2)n1. The highest BCUT2D eigenvalue weighted by Crippen LogP contribution is 2.32. The maximum atomic E-state index is 12.8. The van der Waals surface area contributed by atoms with Gasteiger partial charge in [-0.15, -0.1) is 0 Å². The fourth-order valence-electron chi connectivity index (χ4n) is 3.07. The first-order valence-electron chi connectivity index (χ1n) is 7.77. The van der Waals surface area contributed by atoms with Crippen LogP contribution in [-0.4, -0.2) is 27.5 Å². The molecule has 0 radical (unpaired) electrons. The number of rotatable bonds is 2. The van der Waals surface area contributed by atoms with Gasteiger partial charge in [-0.1, -0.05) is 17.3 Å². The first-order chi connectivity index (χ1) is 11.6. The van der Waals surface area contributed by atoms with E-state index in [4.69, 9.17) is 8.94 Å². The Kier molecular flexibility index (Phi) is 3.41. The van der Waals surface area contributed by atoms with Crippen molar-refractivity contribution in [1.82, 2.24) is 15.0 Å². The molecule has 1 amide bonds. The molecule has 7 nitrogen and oxygen atoms in total. The van der Waals surface area contributed by atoms with Crippen molar-refractivity contribution in [2.24, 2.45) is 0 Å². The van der Waals surface area contributed by atoms with Gasteiger partial charge >= 0.3 is 0 Å². The third-order valence-electron chi connectivity index (χ3n) is 4.19. The van der Waals surface area contributed by atoms with Crippen LogP contribution >= 0.6 is 0 Å². The van der Waals surface area contributed by atoms with Gasteiger partial charge in [0.1, 0.15) is 11.6 Å². The lowest BCUT2D eigenvalue weighted by Crippen LogP contribution is -2.31. The summed E-state index contributed by atoms with van der Waals surface area (Å²) in [4.78, 5) is 30.9. The summed E-state index contributed by atoms with van der Waals surface area (Å²) in [5, 5.41) is 4.24. The number of benzene rings is 1. The Morgan fingerprint density at radius 1 is 1.33 bits per heavy atom. The van der Waals surface area contributed by atoms with E-state index >= 15 is 0 Å². The molecule has 122 valence electrons. The average molecular weight is 325 g/mol. The lowest BCUT2D eigenvalue weighted by atomic mass is 10.2. The smallest absolute Gasteiger partial charge is 0.290 e. The van der Waals surface area contributed by atoms with Crippen LogP contribution in [0, 0.1) is 6.92 Å². The van der Waals surface area contributed by atoms with Gasteiger partial charge in [-0.05, 0) is 31.9 Å². The van der Waals surface area contributed by atoms with Gasteiger partial charge in [0.25, 0.3) is 5.91 Å². The fourth-order valence-corrected chi connectivity index (χ4v) is 3.07. The van der Waals surface area contributed by atoms with E-state index in [-0.39, 0.29) is 23.1 Å². The molecular weight excluding hydrogens is 310 g/mol. The molecular formula is C17H15N3O4. The number of likely N-dealkylation sites (tertiary alicyclic amines) is 1. The van der Waals surface area contributed by atoms with Crippen molar-refractivity contribution < 1.29 is 13.7 Å². The maximum Gasteiger partial charge on any atom is 0.290 e. The Balaban J connectivity index is 1.71. The van der Waals surface area contributed by atoms with Crippen molar-refractivity contribution in [3.05, 3.63) is 58.0 Å². The van der Waals surface area contributed by atoms with Gasteiger partial charge in [0.05, 0.1) is 5.39 Å². The van der Waals surface area contributed by atoms with E-state index in [9.17, 15) is 9.59 Å². The predicted molar refractivity (Wildman–Crippen MR) is 84.5 cm³/mol. The number of fused-ring (bicyclic) bond motifs is 1. The minimum atomic E-state index is -0.337. The molecule has 0 saturated carbocycles. The molecule has 1 fully saturated rings. The van der Waals surface area contributed by atoms with Gasteiger partial charge in [0, 0.05) is 12.6 Å². The summed E-state index contributed by atoms with van der Waals surface area (Å²) in [5.41, 5.74) is 0.169. The summed E-state index contributed by atoms with van der Waals surface area (Å²) >= 11 is 0. The molecule has 0 spiro atoms. The predicted octanol–water partition coefficient (Wildman–Crippen LogP) is 2.46. The zero-order valence-corrected chi connectivity index (χ0v) is 13.1. The Morgan fingerprint density at radius 2 is 2.17 bits per heavy atom. The topological polar surface area (TPSA) is 89.4 Å². The van der Waals surface area contributed by atoms with Crippen molar-refractivity contribution >= 4 is 16.9 Å². The van der Waals surface area contributed by atoms with E-state index in [1.54, 1.807) is 36.1 Å². The van der Waals surface area contributed by atoms with Gasteiger partial charge in [-0.2, -0.15) is 4.98 Å². The number of nitrogens with zero attached hydrogens (tertiary/aromatic N) is 3. The lowest BCUT2D eigenvalue weighted by molar-refractivity contribution is 0.0678. The molecule has 1 aliphatic rings. The van der Waals surface area contributed by atoms with Crippen LogP contribution in [0.1, 0.15) is 41.2 Å². The number of aromatic nitrogens is 2.